The number of nitrogen functional groups attached to an aromatic ring is 1. The van der Waals surface area contributed by atoms with Crippen molar-refractivity contribution in [2.75, 3.05) is 18.9 Å². The molecule has 4 heteroatoms. The Morgan fingerprint density at radius 2 is 2.31 bits per heavy atom. The molecule has 0 aromatic heterocycles. The van der Waals surface area contributed by atoms with Gasteiger partial charge in [0.15, 0.2) is 0 Å². The lowest BCUT2D eigenvalue weighted by Gasteiger charge is -1.99. The third kappa shape index (κ3) is 4.61. The Bertz CT molecular complexity index is 375. The van der Waals surface area contributed by atoms with E-state index in [1.54, 1.807) is 18.2 Å². The van der Waals surface area contributed by atoms with Gasteiger partial charge in [-0.2, -0.15) is 0 Å². The number of nitrogens with one attached hydrogen (secondary N) is 1. The van der Waals surface area contributed by atoms with Crippen molar-refractivity contribution in [2.45, 2.75) is 6.42 Å². The van der Waals surface area contributed by atoms with E-state index in [0.29, 0.717) is 18.7 Å². The maximum absolute atomic E-state index is 11.3. The zero-order valence-corrected chi connectivity index (χ0v) is 9.02. The molecule has 1 aromatic carbocycles. The lowest BCUT2D eigenvalue weighted by atomic mass is 10.2. The zero-order valence-electron chi connectivity index (χ0n) is 9.02. The molecule has 1 amide bonds. The van der Waals surface area contributed by atoms with E-state index in [2.05, 4.69) is 5.32 Å². The van der Waals surface area contributed by atoms with Crippen LogP contribution in [-0.4, -0.2) is 24.2 Å². The van der Waals surface area contributed by atoms with Crippen molar-refractivity contribution in [3.05, 3.63) is 35.9 Å². The lowest BCUT2D eigenvalue weighted by molar-refractivity contribution is -0.116. The number of amides is 1. The monoisotopic (exact) mass is 220 g/mol. The van der Waals surface area contributed by atoms with E-state index >= 15 is 0 Å². The van der Waals surface area contributed by atoms with Crippen LogP contribution in [0.5, 0.6) is 0 Å². The van der Waals surface area contributed by atoms with Crippen molar-refractivity contribution in [3.8, 4) is 0 Å². The molecule has 16 heavy (non-hydrogen) atoms. The Morgan fingerprint density at radius 3 is 3.00 bits per heavy atom. The molecule has 0 aliphatic rings. The fourth-order valence-electron chi connectivity index (χ4n) is 1.18. The maximum atomic E-state index is 11.3. The summed E-state index contributed by atoms with van der Waals surface area (Å²) >= 11 is 0. The summed E-state index contributed by atoms with van der Waals surface area (Å²) in [5.74, 6) is -0.170. The molecule has 4 nitrogen and oxygen atoms in total. The average Bonchev–Trinajstić information content (AvgIpc) is 2.27. The number of aliphatic hydroxyl groups is 1. The highest BCUT2D eigenvalue weighted by Gasteiger charge is 1.94. The molecule has 0 radical (unpaired) electrons. The van der Waals surface area contributed by atoms with Gasteiger partial charge in [0.1, 0.15) is 0 Å². The molecule has 0 aliphatic carbocycles. The summed E-state index contributed by atoms with van der Waals surface area (Å²) in [5, 5.41) is 11.2. The van der Waals surface area contributed by atoms with Gasteiger partial charge in [0.05, 0.1) is 0 Å². The van der Waals surface area contributed by atoms with E-state index < -0.39 is 0 Å². The van der Waals surface area contributed by atoms with Crippen LogP contribution in [0.15, 0.2) is 30.3 Å². The zero-order chi connectivity index (χ0) is 11.8. The highest BCUT2D eigenvalue weighted by Crippen LogP contribution is 2.07. The Balaban J connectivity index is 2.44. The van der Waals surface area contributed by atoms with Gasteiger partial charge in [-0.25, -0.2) is 0 Å². The van der Waals surface area contributed by atoms with Crippen molar-refractivity contribution < 1.29 is 9.90 Å². The molecule has 1 aromatic rings. The number of anilines is 1. The quantitative estimate of drug-likeness (QED) is 0.390. The minimum atomic E-state index is -0.170. The summed E-state index contributed by atoms with van der Waals surface area (Å²) < 4.78 is 0. The van der Waals surface area contributed by atoms with Crippen LogP contribution in [0.2, 0.25) is 0 Å². The topological polar surface area (TPSA) is 75.4 Å². The fraction of sp³-hybridized carbons (Fsp3) is 0.250. The molecule has 0 aliphatic heterocycles. The number of hydrogen-bond acceptors (Lipinski definition) is 3. The van der Waals surface area contributed by atoms with Crippen LogP contribution in [0.25, 0.3) is 6.08 Å². The van der Waals surface area contributed by atoms with Gasteiger partial charge in [0, 0.05) is 24.9 Å². The molecular formula is C12H16N2O2. The molecule has 0 heterocycles. The third-order valence-corrected chi connectivity index (χ3v) is 1.97. The summed E-state index contributed by atoms with van der Waals surface area (Å²) in [6.07, 6.45) is 3.72. The number of aliphatic hydroxyl groups excluding tert-OH is 1. The number of hydrogen-bond donors (Lipinski definition) is 3. The average molecular weight is 220 g/mol. The van der Waals surface area contributed by atoms with Gasteiger partial charge in [-0.1, -0.05) is 12.1 Å². The molecule has 0 fully saturated rings. The minimum absolute atomic E-state index is 0.0826. The van der Waals surface area contributed by atoms with Crippen molar-refractivity contribution >= 4 is 17.7 Å². The Kier molecular flexibility index (Phi) is 5.08. The highest BCUT2D eigenvalue weighted by molar-refractivity contribution is 5.91. The van der Waals surface area contributed by atoms with Gasteiger partial charge in [-0.05, 0) is 30.2 Å². The van der Waals surface area contributed by atoms with Gasteiger partial charge < -0.3 is 16.2 Å². The predicted molar refractivity (Wildman–Crippen MR) is 64.6 cm³/mol. The predicted octanol–water partition coefficient (Wildman–Crippen LogP) is 0.781. The molecule has 0 atom stereocenters. The lowest BCUT2D eigenvalue weighted by Crippen LogP contribution is -2.22. The largest absolute Gasteiger partial charge is 0.399 e. The molecule has 86 valence electrons. The van der Waals surface area contributed by atoms with Crippen molar-refractivity contribution in [2.24, 2.45) is 0 Å². The maximum Gasteiger partial charge on any atom is 0.244 e. The Labute approximate surface area is 94.8 Å². The van der Waals surface area contributed by atoms with Crippen LogP contribution in [0, 0.1) is 0 Å². The summed E-state index contributed by atoms with van der Waals surface area (Å²) in [5.41, 5.74) is 7.16. The summed E-state index contributed by atoms with van der Waals surface area (Å²) in [6.45, 7) is 0.565. The molecular weight excluding hydrogens is 204 g/mol. The van der Waals surface area contributed by atoms with E-state index in [-0.39, 0.29) is 12.5 Å². The van der Waals surface area contributed by atoms with Gasteiger partial charge in [0.2, 0.25) is 5.91 Å². The van der Waals surface area contributed by atoms with Gasteiger partial charge in [-0.15, -0.1) is 0 Å². The smallest absolute Gasteiger partial charge is 0.244 e. The number of benzene rings is 1. The number of nitrogens with two attached hydrogens (primary N) is 1. The second-order valence-corrected chi connectivity index (χ2v) is 3.37. The van der Waals surface area contributed by atoms with Crippen LogP contribution in [0.3, 0.4) is 0 Å². The van der Waals surface area contributed by atoms with Gasteiger partial charge in [-0.3, -0.25) is 4.79 Å². The molecule has 1 rings (SSSR count). The standard InChI is InChI=1S/C12H16N2O2/c13-11-4-1-3-10(9-11)5-6-12(16)14-7-2-8-15/h1,3-6,9,15H,2,7-8,13H2,(H,14,16)/b6-5+. The molecule has 0 unspecified atom stereocenters. The third-order valence-electron chi connectivity index (χ3n) is 1.97. The van der Waals surface area contributed by atoms with E-state index in [4.69, 9.17) is 10.8 Å². The Hall–Kier alpha value is -1.81. The second-order valence-electron chi connectivity index (χ2n) is 3.37. The van der Waals surface area contributed by atoms with Crippen LogP contribution in [-0.2, 0) is 4.79 Å². The molecule has 0 bridgehead atoms. The summed E-state index contributed by atoms with van der Waals surface area (Å²) in [6, 6.07) is 7.28. The van der Waals surface area contributed by atoms with Crippen molar-refractivity contribution in [3.63, 3.8) is 0 Å². The summed E-state index contributed by atoms with van der Waals surface area (Å²) in [7, 11) is 0. The molecule has 0 spiro atoms. The van der Waals surface area contributed by atoms with Crippen molar-refractivity contribution in [1.82, 2.24) is 5.32 Å². The van der Waals surface area contributed by atoms with Crippen LogP contribution in [0.4, 0.5) is 5.69 Å². The normalized spacial score (nSPS) is 10.6. The van der Waals surface area contributed by atoms with E-state index in [9.17, 15) is 4.79 Å². The van der Waals surface area contributed by atoms with Crippen LogP contribution in [0.1, 0.15) is 12.0 Å². The fourth-order valence-corrected chi connectivity index (χ4v) is 1.18. The first-order valence-corrected chi connectivity index (χ1v) is 5.14. The second kappa shape index (κ2) is 6.63. The summed E-state index contributed by atoms with van der Waals surface area (Å²) in [4.78, 5) is 11.3. The van der Waals surface area contributed by atoms with Crippen LogP contribution >= 0.6 is 0 Å². The first kappa shape index (κ1) is 12.3. The molecule has 0 saturated carbocycles. The molecule has 0 saturated heterocycles. The Morgan fingerprint density at radius 1 is 1.50 bits per heavy atom. The van der Waals surface area contributed by atoms with Crippen LogP contribution < -0.4 is 11.1 Å². The van der Waals surface area contributed by atoms with E-state index in [0.717, 1.165) is 5.56 Å². The van der Waals surface area contributed by atoms with E-state index in [1.807, 2.05) is 12.1 Å². The molecule has 4 N–H and O–H groups in total. The van der Waals surface area contributed by atoms with E-state index in [1.165, 1.54) is 6.08 Å². The van der Waals surface area contributed by atoms with Crippen molar-refractivity contribution in [1.29, 1.82) is 0 Å². The van der Waals surface area contributed by atoms with Gasteiger partial charge in [0.25, 0.3) is 0 Å². The first-order chi connectivity index (χ1) is 7.72. The number of carbonyl (C=O) groups excluding carboxylic acids is 1. The minimum Gasteiger partial charge on any atom is -0.399 e. The van der Waals surface area contributed by atoms with Gasteiger partial charge >= 0.3 is 0 Å². The first-order valence-electron chi connectivity index (χ1n) is 5.14. The SMILES string of the molecule is Nc1cccc(/C=C/C(=O)NCCCO)c1. The number of rotatable bonds is 5. The number of carbonyl (C=O) groups is 1. The highest BCUT2D eigenvalue weighted by atomic mass is 16.3.